The molecule has 0 aromatic heterocycles. The van der Waals surface area contributed by atoms with E-state index in [9.17, 15) is 13.2 Å². The molecule has 3 rings (SSSR count). The highest BCUT2D eigenvalue weighted by Crippen LogP contribution is 2.31. The van der Waals surface area contributed by atoms with Crippen molar-refractivity contribution in [2.24, 2.45) is 0 Å². The smallest absolute Gasteiger partial charge is 0.261 e. The van der Waals surface area contributed by atoms with E-state index in [4.69, 9.17) is 4.74 Å². The van der Waals surface area contributed by atoms with Crippen molar-refractivity contribution in [1.29, 1.82) is 0 Å². The topological polar surface area (TPSA) is 84.5 Å². The van der Waals surface area contributed by atoms with Crippen LogP contribution in [-0.2, 0) is 10.0 Å². The van der Waals surface area contributed by atoms with Crippen LogP contribution in [0.15, 0.2) is 53.4 Å². The molecule has 1 amide bonds. The fourth-order valence-corrected chi connectivity index (χ4v) is 4.09. The predicted molar refractivity (Wildman–Crippen MR) is 105 cm³/mol. The number of benzene rings is 2. The van der Waals surface area contributed by atoms with Crippen LogP contribution in [0.1, 0.15) is 43.5 Å². The zero-order valence-electron chi connectivity index (χ0n) is 15.5. The minimum Gasteiger partial charge on any atom is -0.494 e. The van der Waals surface area contributed by atoms with Crippen molar-refractivity contribution in [3.05, 3.63) is 54.1 Å². The SMILES string of the molecule is CCOc1ccc(NS(=O)(=O)c2cccc(C(=O)NC3(C)CCC3)c2)cc1. The number of sulfonamides is 1. The number of hydrogen-bond donors (Lipinski definition) is 2. The quantitative estimate of drug-likeness (QED) is 0.760. The van der Waals surface area contributed by atoms with Crippen molar-refractivity contribution in [1.82, 2.24) is 5.32 Å². The third-order valence-corrected chi connectivity index (χ3v) is 6.08. The molecule has 7 heteroatoms. The molecule has 1 saturated carbocycles. The summed E-state index contributed by atoms with van der Waals surface area (Å²) < 4.78 is 33.2. The van der Waals surface area contributed by atoms with E-state index < -0.39 is 10.0 Å². The second kappa shape index (κ2) is 7.60. The molecule has 144 valence electrons. The van der Waals surface area contributed by atoms with E-state index in [1.54, 1.807) is 36.4 Å². The van der Waals surface area contributed by atoms with Crippen molar-refractivity contribution < 1.29 is 17.9 Å². The highest BCUT2D eigenvalue weighted by atomic mass is 32.2. The third kappa shape index (κ3) is 4.60. The monoisotopic (exact) mass is 388 g/mol. The Morgan fingerprint density at radius 2 is 1.85 bits per heavy atom. The highest BCUT2D eigenvalue weighted by Gasteiger charge is 2.33. The lowest BCUT2D eigenvalue weighted by Crippen LogP contribution is -2.50. The molecule has 6 nitrogen and oxygen atoms in total. The van der Waals surface area contributed by atoms with Crippen molar-refractivity contribution in [2.75, 3.05) is 11.3 Å². The summed E-state index contributed by atoms with van der Waals surface area (Å²) in [4.78, 5) is 12.5. The summed E-state index contributed by atoms with van der Waals surface area (Å²) >= 11 is 0. The number of amides is 1. The van der Waals surface area contributed by atoms with Gasteiger partial charge in [-0.25, -0.2) is 8.42 Å². The molecule has 0 aliphatic heterocycles. The lowest BCUT2D eigenvalue weighted by molar-refractivity contribution is 0.0850. The van der Waals surface area contributed by atoms with Gasteiger partial charge in [-0.1, -0.05) is 6.07 Å². The second-order valence-electron chi connectivity index (χ2n) is 6.96. The van der Waals surface area contributed by atoms with Gasteiger partial charge in [0.15, 0.2) is 0 Å². The van der Waals surface area contributed by atoms with Gasteiger partial charge in [-0.15, -0.1) is 0 Å². The van der Waals surface area contributed by atoms with Crippen LogP contribution < -0.4 is 14.8 Å². The molecular weight excluding hydrogens is 364 g/mol. The molecule has 2 aromatic rings. The Morgan fingerprint density at radius 3 is 2.44 bits per heavy atom. The van der Waals surface area contributed by atoms with Crippen molar-refractivity contribution >= 4 is 21.6 Å². The van der Waals surface area contributed by atoms with E-state index >= 15 is 0 Å². The normalized spacial score (nSPS) is 15.5. The van der Waals surface area contributed by atoms with E-state index in [-0.39, 0.29) is 16.3 Å². The molecule has 27 heavy (non-hydrogen) atoms. The van der Waals surface area contributed by atoms with Gasteiger partial charge in [0, 0.05) is 16.8 Å². The molecule has 1 fully saturated rings. The summed E-state index contributed by atoms with van der Waals surface area (Å²) in [6.45, 7) is 4.42. The van der Waals surface area contributed by atoms with Crippen LogP contribution in [0.2, 0.25) is 0 Å². The number of hydrogen-bond acceptors (Lipinski definition) is 4. The minimum atomic E-state index is -3.80. The fourth-order valence-electron chi connectivity index (χ4n) is 2.98. The van der Waals surface area contributed by atoms with Gasteiger partial charge >= 0.3 is 0 Å². The first-order chi connectivity index (χ1) is 12.8. The van der Waals surface area contributed by atoms with Gasteiger partial charge in [0.2, 0.25) is 0 Å². The highest BCUT2D eigenvalue weighted by molar-refractivity contribution is 7.92. The van der Waals surface area contributed by atoms with E-state index in [0.717, 1.165) is 19.3 Å². The molecule has 0 spiro atoms. The lowest BCUT2D eigenvalue weighted by atomic mass is 9.78. The van der Waals surface area contributed by atoms with Crippen LogP contribution in [0.4, 0.5) is 5.69 Å². The summed E-state index contributed by atoms with van der Waals surface area (Å²) in [7, 11) is -3.80. The van der Waals surface area contributed by atoms with Gasteiger partial charge in [-0.3, -0.25) is 9.52 Å². The Hall–Kier alpha value is -2.54. The maximum atomic E-state index is 12.7. The van der Waals surface area contributed by atoms with E-state index in [0.29, 0.717) is 23.6 Å². The first-order valence-electron chi connectivity index (χ1n) is 9.00. The first kappa shape index (κ1) is 19.2. The molecule has 0 unspecified atom stereocenters. The summed E-state index contributed by atoms with van der Waals surface area (Å²) in [6.07, 6.45) is 2.98. The number of nitrogens with one attached hydrogen (secondary N) is 2. The van der Waals surface area contributed by atoms with Gasteiger partial charge in [0.05, 0.1) is 11.5 Å². The van der Waals surface area contributed by atoms with Crippen LogP contribution in [0, 0.1) is 0 Å². The second-order valence-corrected chi connectivity index (χ2v) is 8.64. The fraction of sp³-hybridized carbons (Fsp3) is 0.350. The van der Waals surface area contributed by atoms with Crippen molar-refractivity contribution in [3.8, 4) is 5.75 Å². The number of ether oxygens (including phenoxy) is 1. The van der Waals surface area contributed by atoms with E-state index in [1.165, 1.54) is 12.1 Å². The zero-order chi connectivity index (χ0) is 19.5. The summed E-state index contributed by atoms with van der Waals surface area (Å²) in [5, 5.41) is 2.99. The van der Waals surface area contributed by atoms with Crippen LogP contribution in [-0.4, -0.2) is 26.5 Å². The Bertz CT molecular complexity index is 919. The molecule has 0 bridgehead atoms. The van der Waals surface area contributed by atoms with Crippen LogP contribution in [0.3, 0.4) is 0 Å². The lowest BCUT2D eigenvalue weighted by Gasteiger charge is -2.39. The van der Waals surface area contributed by atoms with Gasteiger partial charge in [-0.05, 0) is 75.6 Å². The van der Waals surface area contributed by atoms with Crippen LogP contribution in [0.25, 0.3) is 0 Å². The summed E-state index contributed by atoms with van der Waals surface area (Å²) in [5.74, 6) is 0.416. The van der Waals surface area contributed by atoms with E-state index in [1.807, 2.05) is 13.8 Å². The zero-order valence-corrected chi connectivity index (χ0v) is 16.3. The molecule has 0 saturated heterocycles. The van der Waals surface area contributed by atoms with Crippen molar-refractivity contribution in [2.45, 2.75) is 43.5 Å². The van der Waals surface area contributed by atoms with Crippen molar-refractivity contribution in [3.63, 3.8) is 0 Å². The van der Waals surface area contributed by atoms with Gasteiger partial charge in [0.25, 0.3) is 15.9 Å². The number of rotatable bonds is 7. The summed E-state index contributed by atoms with van der Waals surface area (Å²) in [6, 6.07) is 12.7. The number of anilines is 1. The van der Waals surface area contributed by atoms with Gasteiger partial charge in [0.1, 0.15) is 5.75 Å². The first-order valence-corrected chi connectivity index (χ1v) is 10.5. The molecule has 0 heterocycles. The number of carbonyl (C=O) groups is 1. The maximum absolute atomic E-state index is 12.7. The van der Waals surface area contributed by atoms with E-state index in [2.05, 4.69) is 10.0 Å². The third-order valence-electron chi connectivity index (χ3n) is 4.70. The molecule has 1 aliphatic rings. The largest absolute Gasteiger partial charge is 0.494 e. The average molecular weight is 388 g/mol. The molecule has 0 atom stereocenters. The molecule has 2 aromatic carbocycles. The molecule has 1 aliphatic carbocycles. The molecule has 2 N–H and O–H groups in total. The minimum absolute atomic E-state index is 0.0443. The molecule has 0 radical (unpaired) electrons. The Balaban J connectivity index is 1.75. The average Bonchev–Trinajstić information content (AvgIpc) is 2.62. The Kier molecular flexibility index (Phi) is 5.41. The Labute approximate surface area is 160 Å². The molecular formula is C20H24N2O4S. The number of carbonyl (C=O) groups excluding carboxylic acids is 1. The van der Waals surface area contributed by atoms with Gasteiger partial charge < -0.3 is 10.1 Å². The Morgan fingerprint density at radius 1 is 1.15 bits per heavy atom. The standard InChI is InChI=1S/C20H24N2O4S/c1-3-26-17-10-8-16(9-11-17)22-27(24,25)18-7-4-6-15(14-18)19(23)21-20(2)12-5-13-20/h4,6-11,14,22H,3,5,12-13H2,1-2H3,(H,21,23). The van der Waals surface area contributed by atoms with Gasteiger partial charge in [-0.2, -0.15) is 0 Å². The van der Waals surface area contributed by atoms with Crippen LogP contribution >= 0.6 is 0 Å². The van der Waals surface area contributed by atoms with Crippen LogP contribution in [0.5, 0.6) is 5.75 Å². The maximum Gasteiger partial charge on any atom is 0.261 e. The summed E-state index contributed by atoms with van der Waals surface area (Å²) in [5.41, 5.74) is 0.569. The predicted octanol–water partition coefficient (Wildman–Crippen LogP) is 3.56.